The van der Waals surface area contributed by atoms with Crippen molar-refractivity contribution in [2.75, 3.05) is 18.4 Å². The number of benzene rings is 3. The maximum absolute atomic E-state index is 13.1. The molecule has 0 aromatic heterocycles. The van der Waals surface area contributed by atoms with Crippen molar-refractivity contribution in [1.29, 1.82) is 0 Å². The minimum absolute atomic E-state index is 0.301. The van der Waals surface area contributed by atoms with Gasteiger partial charge in [-0.05, 0) is 65.9 Å². The summed E-state index contributed by atoms with van der Waals surface area (Å²) in [5.41, 5.74) is 5.11. The molecule has 0 saturated carbocycles. The lowest BCUT2D eigenvalue weighted by Gasteiger charge is -2.29. The minimum atomic E-state index is -4.40. The van der Waals surface area contributed by atoms with Gasteiger partial charge in [0, 0.05) is 30.9 Å². The summed E-state index contributed by atoms with van der Waals surface area (Å²) in [6.45, 7) is 8.68. The maximum atomic E-state index is 13.1. The summed E-state index contributed by atoms with van der Waals surface area (Å²) in [4.78, 5) is 15.4. The number of anilines is 1. The predicted molar refractivity (Wildman–Crippen MR) is 125 cm³/mol. The van der Waals surface area contributed by atoms with E-state index in [1.807, 2.05) is 25.1 Å². The van der Waals surface area contributed by atoms with E-state index >= 15 is 0 Å². The molecule has 1 heterocycles. The molecule has 1 aliphatic rings. The fourth-order valence-corrected chi connectivity index (χ4v) is 4.18. The molecule has 0 atom stereocenters. The summed E-state index contributed by atoms with van der Waals surface area (Å²) < 4.78 is 38.7. The Morgan fingerprint density at radius 1 is 1.03 bits per heavy atom. The number of halogens is 3. The van der Waals surface area contributed by atoms with Crippen LogP contribution in [0, 0.1) is 0 Å². The normalized spacial score (nSPS) is 13.9. The molecule has 3 aromatic rings. The van der Waals surface area contributed by atoms with Crippen LogP contribution in [0.2, 0.25) is 0 Å². The number of hydrogen-bond donors (Lipinski definition) is 1. The monoisotopic (exact) mass is 450 g/mol. The highest BCUT2D eigenvalue weighted by atomic mass is 19.4. The van der Waals surface area contributed by atoms with Gasteiger partial charge in [0.15, 0.2) is 0 Å². The van der Waals surface area contributed by atoms with Crippen LogP contribution >= 0.6 is 0 Å². The molecule has 0 radical (unpaired) electrons. The lowest BCUT2D eigenvalue weighted by Crippen LogP contribution is -2.31. The molecule has 1 amide bonds. The van der Waals surface area contributed by atoms with Gasteiger partial charge in [-0.3, -0.25) is 9.69 Å². The van der Waals surface area contributed by atoms with Gasteiger partial charge in [-0.2, -0.15) is 13.2 Å². The van der Waals surface area contributed by atoms with Crippen LogP contribution in [-0.4, -0.2) is 23.9 Å². The van der Waals surface area contributed by atoms with Crippen molar-refractivity contribution in [3.05, 3.63) is 101 Å². The molecule has 3 nitrogen and oxygen atoms in total. The summed E-state index contributed by atoms with van der Waals surface area (Å²) in [5.74, 6) is -0.301. The zero-order chi connectivity index (χ0) is 23.6. The number of carbonyl (C=O) groups is 1. The molecule has 3 aromatic carbocycles. The first-order valence-corrected chi connectivity index (χ1v) is 10.8. The molecule has 1 aliphatic heterocycles. The number of amides is 1. The highest BCUT2D eigenvalue weighted by Gasteiger charge is 2.30. The van der Waals surface area contributed by atoms with Crippen LogP contribution < -0.4 is 5.32 Å². The Bertz CT molecular complexity index is 1180. The molecule has 0 saturated heterocycles. The topological polar surface area (TPSA) is 32.3 Å². The summed E-state index contributed by atoms with van der Waals surface area (Å²) in [6.07, 6.45) is -3.50. The summed E-state index contributed by atoms with van der Waals surface area (Å²) in [6, 6.07) is 17.7. The third-order valence-corrected chi connectivity index (χ3v) is 5.74. The molecule has 0 fully saturated rings. The average molecular weight is 451 g/mol. The molecule has 0 bridgehead atoms. The zero-order valence-corrected chi connectivity index (χ0v) is 18.4. The van der Waals surface area contributed by atoms with E-state index in [0.717, 1.165) is 43.8 Å². The van der Waals surface area contributed by atoms with Crippen molar-refractivity contribution < 1.29 is 18.0 Å². The van der Waals surface area contributed by atoms with Gasteiger partial charge in [-0.25, -0.2) is 0 Å². The van der Waals surface area contributed by atoms with Crippen LogP contribution in [0.5, 0.6) is 0 Å². The van der Waals surface area contributed by atoms with Crippen molar-refractivity contribution in [1.82, 2.24) is 4.90 Å². The fourth-order valence-electron chi connectivity index (χ4n) is 4.18. The second-order valence-electron chi connectivity index (χ2n) is 8.48. The van der Waals surface area contributed by atoms with Gasteiger partial charge in [0.25, 0.3) is 5.91 Å². The van der Waals surface area contributed by atoms with Gasteiger partial charge in [0.05, 0.1) is 5.56 Å². The van der Waals surface area contributed by atoms with Crippen molar-refractivity contribution >= 4 is 11.6 Å². The Hall–Kier alpha value is -3.38. The standard InChI is InChI=1S/C27H25F3N2O/c1-18(2)16-32-14-13-20-15-23(12-9-21(20)17-32)31-26(33)25-6-4-3-5-24(25)19-7-10-22(11-8-19)27(28,29)30/h3-12,15H,1,13-14,16-17H2,2H3,(H,31,33). The molecule has 33 heavy (non-hydrogen) atoms. The lowest BCUT2D eigenvalue weighted by molar-refractivity contribution is -0.137. The van der Waals surface area contributed by atoms with Crippen LogP contribution in [0.4, 0.5) is 18.9 Å². The Morgan fingerprint density at radius 3 is 2.45 bits per heavy atom. The quantitative estimate of drug-likeness (QED) is 0.447. The summed E-state index contributed by atoms with van der Waals surface area (Å²) in [5, 5.41) is 2.95. The average Bonchev–Trinajstić information content (AvgIpc) is 2.78. The Morgan fingerprint density at radius 2 is 1.76 bits per heavy atom. The highest BCUT2D eigenvalue weighted by molar-refractivity contribution is 6.08. The van der Waals surface area contributed by atoms with Crippen molar-refractivity contribution in [2.45, 2.75) is 26.1 Å². The van der Waals surface area contributed by atoms with E-state index in [1.165, 1.54) is 23.3 Å². The molecule has 0 aliphatic carbocycles. The van der Waals surface area contributed by atoms with Gasteiger partial charge in [-0.1, -0.05) is 48.6 Å². The maximum Gasteiger partial charge on any atom is 0.416 e. The SMILES string of the molecule is C=C(C)CN1CCc2cc(NC(=O)c3ccccc3-c3ccc(C(F)(F)F)cc3)ccc2C1. The first kappa shape index (κ1) is 22.8. The number of fused-ring (bicyclic) bond motifs is 1. The van der Waals surface area contributed by atoms with Crippen molar-refractivity contribution in [2.24, 2.45) is 0 Å². The van der Waals surface area contributed by atoms with Crippen molar-refractivity contribution in [3.8, 4) is 11.1 Å². The van der Waals surface area contributed by atoms with Crippen LogP contribution in [-0.2, 0) is 19.1 Å². The number of nitrogens with one attached hydrogen (secondary N) is 1. The Labute approximate surface area is 191 Å². The summed E-state index contributed by atoms with van der Waals surface area (Å²) in [7, 11) is 0. The molecular formula is C27H25F3N2O. The van der Waals surface area contributed by atoms with Gasteiger partial charge >= 0.3 is 6.18 Å². The first-order valence-electron chi connectivity index (χ1n) is 10.8. The van der Waals surface area contributed by atoms with E-state index in [9.17, 15) is 18.0 Å². The van der Waals surface area contributed by atoms with E-state index in [1.54, 1.807) is 24.3 Å². The predicted octanol–water partition coefficient (Wildman–Crippen LogP) is 6.56. The number of rotatable bonds is 5. The second kappa shape index (κ2) is 9.24. The number of alkyl halides is 3. The largest absolute Gasteiger partial charge is 0.416 e. The van der Waals surface area contributed by atoms with E-state index < -0.39 is 11.7 Å². The second-order valence-corrected chi connectivity index (χ2v) is 8.48. The number of hydrogen-bond acceptors (Lipinski definition) is 2. The number of nitrogens with zero attached hydrogens (tertiary/aromatic N) is 1. The van der Waals surface area contributed by atoms with Crippen LogP contribution in [0.3, 0.4) is 0 Å². The molecular weight excluding hydrogens is 425 g/mol. The zero-order valence-electron chi connectivity index (χ0n) is 18.4. The van der Waals surface area contributed by atoms with Gasteiger partial charge in [-0.15, -0.1) is 0 Å². The van der Waals surface area contributed by atoms with E-state index in [-0.39, 0.29) is 5.91 Å². The molecule has 170 valence electrons. The van der Waals surface area contributed by atoms with Crippen molar-refractivity contribution in [3.63, 3.8) is 0 Å². The summed E-state index contributed by atoms with van der Waals surface area (Å²) >= 11 is 0. The minimum Gasteiger partial charge on any atom is -0.322 e. The van der Waals surface area contributed by atoms with E-state index in [4.69, 9.17) is 0 Å². The third kappa shape index (κ3) is 5.34. The highest BCUT2D eigenvalue weighted by Crippen LogP contribution is 2.32. The van der Waals surface area contributed by atoms with Gasteiger partial charge in [0.1, 0.15) is 0 Å². The molecule has 6 heteroatoms. The van der Waals surface area contributed by atoms with Gasteiger partial charge < -0.3 is 5.32 Å². The first-order chi connectivity index (χ1) is 15.7. The fraction of sp³-hybridized carbons (Fsp3) is 0.222. The van der Waals surface area contributed by atoms with Crippen LogP contribution in [0.1, 0.15) is 34.0 Å². The van der Waals surface area contributed by atoms with Crippen LogP contribution in [0.25, 0.3) is 11.1 Å². The lowest BCUT2D eigenvalue weighted by atomic mass is 9.97. The Kier molecular flexibility index (Phi) is 6.38. The molecule has 4 rings (SSSR count). The molecule has 0 spiro atoms. The molecule has 0 unspecified atom stereocenters. The molecule has 1 N–H and O–H groups in total. The van der Waals surface area contributed by atoms with Crippen LogP contribution in [0.15, 0.2) is 78.9 Å². The third-order valence-electron chi connectivity index (χ3n) is 5.74. The smallest absolute Gasteiger partial charge is 0.322 e. The number of carbonyl (C=O) groups excluding carboxylic acids is 1. The van der Waals surface area contributed by atoms with E-state index in [2.05, 4.69) is 16.8 Å². The van der Waals surface area contributed by atoms with Gasteiger partial charge in [0.2, 0.25) is 0 Å². The Balaban J connectivity index is 1.53. The van der Waals surface area contributed by atoms with E-state index in [0.29, 0.717) is 22.4 Å².